The first-order valence-corrected chi connectivity index (χ1v) is 17.8. The van der Waals surface area contributed by atoms with Crippen molar-refractivity contribution in [1.82, 2.24) is 9.13 Å². The molecule has 50 heavy (non-hydrogen) atoms. The number of esters is 1. The predicted molar refractivity (Wildman–Crippen MR) is 199 cm³/mol. The minimum absolute atomic E-state index is 0.115. The molecule has 1 aliphatic heterocycles. The lowest BCUT2D eigenvalue weighted by molar-refractivity contribution is -0.139. The zero-order valence-corrected chi connectivity index (χ0v) is 30.9. The third-order valence-corrected chi connectivity index (χ3v) is 10.1. The lowest BCUT2D eigenvalue weighted by Crippen LogP contribution is -2.40. The Kier molecular flexibility index (Phi) is 10.4. The molecule has 0 amide bonds. The number of para-hydroxylation sites is 1. The molecule has 1 aliphatic rings. The maximum absolute atomic E-state index is 14.3. The van der Waals surface area contributed by atoms with Gasteiger partial charge in [-0.3, -0.25) is 9.36 Å². The highest BCUT2D eigenvalue weighted by Crippen LogP contribution is 2.36. The summed E-state index contributed by atoms with van der Waals surface area (Å²) in [4.78, 5) is 32.9. The monoisotopic (exact) mass is 729 g/mol. The van der Waals surface area contributed by atoms with E-state index in [9.17, 15) is 9.59 Å². The normalized spacial score (nSPS) is 14.5. The Bertz CT molecular complexity index is 2300. The predicted octanol–water partition coefficient (Wildman–Crippen LogP) is 7.88. The van der Waals surface area contributed by atoms with Gasteiger partial charge in [-0.25, -0.2) is 9.79 Å². The van der Waals surface area contributed by atoms with Crippen LogP contribution >= 0.6 is 34.5 Å². The van der Waals surface area contributed by atoms with Crippen molar-refractivity contribution in [2.24, 2.45) is 4.99 Å². The first-order valence-electron chi connectivity index (χ1n) is 16.3. The summed E-state index contributed by atoms with van der Waals surface area (Å²) in [6.45, 7) is 12.0. The molecule has 0 radical (unpaired) electrons. The minimum Gasteiger partial charge on any atom is -0.491 e. The molecule has 8 nitrogen and oxygen atoms in total. The zero-order chi connectivity index (χ0) is 35.7. The van der Waals surface area contributed by atoms with Crippen molar-refractivity contribution in [3.05, 3.63) is 142 Å². The van der Waals surface area contributed by atoms with Crippen LogP contribution in [0.5, 0.6) is 11.5 Å². The summed E-state index contributed by atoms with van der Waals surface area (Å²) >= 11 is 13.5. The standard InChI is InChI=1S/C39H37Cl2N3O5S/c1-7-47-38(46)35-24(5)42-39-44(36(35)30-10-8-9-11-33(30)49-22(2)3)37(45)34(50-39)20-27-18-23(4)43(25(27)6)28-13-15-29(16-14-28)48-21-26-12-17-31(40)32(41)19-26/h8-20,22,36H,7,21H2,1-6H3/b34-20-/t36-/m1/s1. The number of aromatic nitrogens is 2. The van der Waals surface area contributed by atoms with E-state index >= 15 is 0 Å². The average Bonchev–Trinajstić information content (AvgIpc) is 3.54. The van der Waals surface area contributed by atoms with Crippen LogP contribution in [0.15, 0.2) is 93.9 Å². The summed E-state index contributed by atoms with van der Waals surface area (Å²) in [6, 6.07) is 22.1. The SMILES string of the molecule is CCOC(=O)C1=C(C)N=c2s/c(=C\c3cc(C)n(-c4ccc(OCc5ccc(Cl)c(Cl)c5)cc4)c3C)c(=O)n2[C@@H]1c1ccccc1OC(C)C. The quantitative estimate of drug-likeness (QED) is 0.137. The van der Waals surface area contributed by atoms with Gasteiger partial charge in [-0.15, -0.1) is 0 Å². The number of nitrogens with zero attached hydrogens (tertiary/aromatic N) is 3. The summed E-state index contributed by atoms with van der Waals surface area (Å²) < 4.78 is 21.8. The lowest BCUT2D eigenvalue weighted by atomic mass is 9.95. The Morgan fingerprint density at radius 2 is 1.74 bits per heavy atom. The van der Waals surface area contributed by atoms with Gasteiger partial charge in [0.15, 0.2) is 4.80 Å². The van der Waals surface area contributed by atoms with Crippen LogP contribution in [0, 0.1) is 13.8 Å². The Hall–Kier alpha value is -4.57. The van der Waals surface area contributed by atoms with Crippen LogP contribution in [-0.2, 0) is 16.1 Å². The van der Waals surface area contributed by atoms with E-state index in [2.05, 4.69) is 10.6 Å². The Morgan fingerprint density at radius 1 is 1.00 bits per heavy atom. The maximum atomic E-state index is 14.3. The number of allylic oxidation sites excluding steroid dienone is 1. The highest BCUT2D eigenvalue weighted by molar-refractivity contribution is 7.07. The third-order valence-electron chi connectivity index (χ3n) is 8.33. The van der Waals surface area contributed by atoms with Crippen LogP contribution < -0.4 is 24.4 Å². The molecule has 0 unspecified atom stereocenters. The first-order chi connectivity index (χ1) is 24.0. The first kappa shape index (κ1) is 35.3. The summed E-state index contributed by atoms with van der Waals surface area (Å²) in [5, 5.41) is 0.994. The van der Waals surface area contributed by atoms with Crippen molar-refractivity contribution in [3.63, 3.8) is 0 Å². The van der Waals surface area contributed by atoms with Gasteiger partial charge in [0.25, 0.3) is 5.56 Å². The molecule has 2 aromatic heterocycles. The van der Waals surface area contributed by atoms with E-state index in [1.54, 1.807) is 30.5 Å². The van der Waals surface area contributed by atoms with E-state index in [-0.39, 0.29) is 18.3 Å². The summed E-state index contributed by atoms with van der Waals surface area (Å²) in [5.41, 5.74) is 6.00. The molecule has 0 fully saturated rings. The number of halogens is 2. The Morgan fingerprint density at radius 3 is 2.44 bits per heavy atom. The van der Waals surface area contributed by atoms with E-state index in [1.165, 1.54) is 11.3 Å². The molecular formula is C39H37Cl2N3O5S. The molecule has 258 valence electrons. The number of ether oxygens (including phenoxy) is 3. The molecule has 5 aromatic rings. The van der Waals surface area contributed by atoms with Gasteiger partial charge in [-0.1, -0.05) is 58.8 Å². The zero-order valence-electron chi connectivity index (χ0n) is 28.6. The topological polar surface area (TPSA) is 84.0 Å². The van der Waals surface area contributed by atoms with Gasteiger partial charge in [0.2, 0.25) is 0 Å². The molecule has 0 spiro atoms. The number of carbonyl (C=O) groups excluding carboxylic acids is 1. The summed E-state index contributed by atoms with van der Waals surface area (Å²) in [6.07, 6.45) is 1.78. The van der Waals surface area contributed by atoms with Gasteiger partial charge in [-0.05, 0) is 107 Å². The van der Waals surface area contributed by atoms with Crippen LogP contribution in [0.25, 0.3) is 11.8 Å². The van der Waals surface area contributed by atoms with E-state index in [4.69, 9.17) is 42.4 Å². The molecular weight excluding hydrogens is 693 g/mol. The van der Waals surface area contributed by atoms with Crippen LogP contribution in [0.3, 0.4) is 0 Å². The van der Waals surface area contributed by atoms with Crippen molar-refractivity contribution in [2.75, 3.05) is 6.61 Å². The van der Waals surface area contributed by atoms with Crippen LogP contribution in [0.4, 0.5) is 0 Å². The third kappa shape index (κ3) is 7.03. The van der Waals surface area contributed by atoms with E-state index < -0.39 is 12.0 Å². The van der Waals surface area contributed by atoms with Gasteiger partial charge < -0.3 is 18.8 Å². The molecule has 0 N–H and O–H groups in total. The van der Waals surface area contributed by atoms with Crippen molar-refractivity contribution in [3.8, 4) is 17.2 Å². The van der Waals surface area contributed by atoms with E-state index in [0.29, 0.717) is 48.6 Å². The van der Waals surface area contributed by atoms with Gasteiger partial charge in [0.1, 0.15) is 24.1 Å². The van der Waals surface area contributed by atoms with Crippen LogP contribution in [0.1, 0.15) is 61.8 Å². The largest absolute Gasteiger partial charge is 0.491 e. The van der Waals surface area contributed by atoms with Gasteiger partial charge in [0.05, 0.1) is 38.6 Å². The molecule has 6 rings (SSSR count). The number of aryl methyl sites for hydroxylation is 1. The number of hydrogen-bond donors (Lipinski definition) is 0. The fourth-order valence-corrected chi connectivity index (χ4v) is 7.47. The van der Waals surface area contributed by atoms with Crippen LogP contribution in [0.2, 0.25) is 10.0 Å². The Balaban J connectivity index is 1.36. The van der Waals surface area contributed by atoms with Crippen molar-refractivity contribution < 1.29 is 19.0 Å². The minimum atomic E-state index is -0.771. The Labute approximate surface area is 304 Å². The highest BCUT2D eigenvalue weighted by atomic mass is 35.5. The number of fused-ring (bicyclic) bond motifs is 1. The molecule has 0 aliphatic carbocycles. The number of rotatable bonds is 10. The lowest BCUT2D eigenvalue weighted by Gasteiger charge is -2.26. The molecule has 3 heterocycles. The van der Waals surface area contributed by atoms with Gasteiger partial charge in [0, 0.05) is 22.6 Å². The van der Waals surface area contributed by atoms with Crippen molar-refractivity contribution >= 4 is 46.6 Å². The smallest absolute Gasteiger partial charge is 0.338 e. The van der Waals surface area contributed by atoms with E-state index in [0.717, 1.165) is 34.0 Å². The van der Waals surface area contributed by atoms with Crippen molar-refractivity contribution in [1.29, 1.82) is 0 Å². The molecule has 1 atom stereocenters. The highest BCUT2D eigenvalue weighted by Gasteiger charge is 2.35. The van der Waals surface area contributed by atoms with E-state index in [1.807, 2.05) is 88.4 Å². The summed E-state index contributed by atoms with van der Waals surface area (Å²) in [7, 11) is 0. The second-order valence-electron chi connectivity index (χ2n) is 12.2. The molecule has 3 aromatic carbocycles. The second-order valence-corrected chi connectivity index (χ2v) is 14.0. The fraction of sp³-hybridized carbons (Fsp3) is 0.256. The molecule has 11 heteroatoms. The molecule has 0 saturated heterocycles. The number of carbonyl (C=O) groups is 1. The van der Waals surface area contributed by atoms with Gasteiger partial charge in [-0.2, -0.15) is 0 Å². The summed E-state index contributed by atoms with van der Waals surface area (Å²) in [5.74, 6) is 0.797. The average molecular weight is 731 g/mol. The number of benzene rings is 3. The second kappa shape index (κ2) is 14.7. The molecule has 0 bridgehead atoms. The maximum Gasteiger partial charge on any atom is 0.338 e. The number of hydrogen-bond acceptors (Lipinski definition) is 7. The fourth-order valence-electron chi connectivity index (χ4n) is 6.11. The van der Waals surface area contributed by atoms with Gasteiger partial charge >= 0.3 is 5.97 Å². The van der Waals surface area contributed by atoms with Crippen LogP contribution in [-0.4, -0.2) is 27.8 Å². The molecule has 0 saturated carbocycles. The van der Waals surface area contributed by atoms with Crippen molar-refractivity contribution in [2.45, 2.75) is 60.3 Å². The number of thiazole rings is 1.